The Balaban J connectivity index is 1.89. The van der Waals surface area contributed by atoms with Crippen molar-refractivity contribution in [1.29, 1.82) is 0 Å². The molecule has 0 aliphatic carbocycles. The molecule has 0 amide bonds. The van der Waals surface area contributed by atoms with Crippen LogP contribution in [0.1, 0.15) is 18.1 Å². The number of benzene rings is 3. The fourth-order valence-electron chi connectivity index (χ4n) is 2.97. The molecule has 0 saturated carbocycles. The lowest BCUT2D eigenvalue weighted by molar-refractivity contribution is 0.586. The minimum Gasteiger partial charge on any atom is -0.314 e. The molecule has 0 N–H and O–H groups in total. The second kappa shape index (κ2) is 7.64. The van der Waals surface area contributed by atoms with Gasteiger partial charge in [0, 0.05) is 16.8 Å². The molecule has 0 heterocycles. The summed E-state index contributed by atoms with van der Waals surface area (Å²) in [6, 6.07) is 28.5. The van der Waals surface area contributed by atoms with E-state index in [1.807, 2.05) is 60.7 Å². The van der Waals surface area contributed by atoms with Gasteiger partial charge in [0.1, 0.15) is 7.14 Å². The van der Waals surface area contributed by atoms with Gasteiger partial charge < -0.3 is 4.57 Å². The molecule has 0 radical (unpaired) electrons. The van der Waals surface area contributed by atoms with Crippen LogP contribution < -0.4 is 10.6 Å². The van der Waals surface area contributed by atoms with Gasteiger partial charge in [0.2, 0.25) is 0 Å². The van der Waals surface area contributed by atoms with E-state index in [0.717, 1.165) is 23.5 Å². The van der Waals surface area contributed by atoms with E-state index in [2.05, 4.69) is 31.2 Å². The Morgan fingerprint density at radius 2 is 1.12 bits per heavy atom. The van der Waals surface area contributed by atoms with Crippen molar-refractivity contribution in [2.24, 2.45) is 0 Å². The standard InChI is InChI=1S/C22H23OP/c1-2-19-13-15-20(16-14-19)17-18-24(23,21-9-5-3-6-10-21)22-11-7-4-8-12-22/h3-16H,2,17-18H2,1H3. The second-order valence-corrected chi connectivity index (χ2v) is 9.01. The van der Waals surface area contributed by atoms with Gasteiger partial charge in [-0.05, 0) is 24.0 Å². The molecule has 0 saturated heterocycles. The van der Waals surface area contributed by atoms with E-state index >= 15 is 0 Å². The fraction of sp³-hybridized carbons (Fsp3) is 0.182. The minimum atomic E-state index is -2.61. The summed E-state index contributed by atoms with van der Waals surface area (Å²) in [5, 5.41) is 1.89. The summed E-state index contributed by atoms with van der Waals surface area (Å²) in [6.45, 7) is 2.16. The fourth-order valence-corrected chi connectivity index (χ4v) is 5.67. The second-order valence-electron chi connectivity index (χ2n) is 6.05. The normalized spacial score (nSPS) is 11.4. The Bertz CT molecular complexity index is 764. The first-order valence-corrected chi connectivity index (χ1v) is 10.4. The monoisotopic (exact) mass is 334 g/mol. The van der Waals surface area contributed by atoms with Crippen LogP contribution in [0.5, 0.6) is 0 Å². The molecule has 1 nitrogen and oxygen atoms in total. The van der Waals surface area contributed by atoms with E-state index in [1.54, 1.807) is 0 Å². The maximum atomic E-state index is 13.9. The lowest BCUT2D eigenvalue weighted by Gasteiger charge is -2.19. The van der Waals surface area contributed by atoms with Gasteiger partial charge in [0.25, 0.3) is 0 Å². The number of hydrogen-bond acceptors (Lipinski definition) is 1. The molecule has 0 spiro atoms. The highest BCUT2D eigenvalue weighted by Gasteiger charge is 2.26. The zero-order chi connectivity index (χ0) is 16.8. The minimum absolute atomic E-state index is 0.659. The summed E-state index contributed by atoms with van der Waals surface area (Å²) in [4.78, 5) is 0. The molecule has 0 bridgehead atoms. The van der Waals surface area contributed by atoms with Crippen LogP contribution in [-0.4, -0.2) is 6.16 Å². The molecule has 0 aliphatic rings. The first-order valence-electron chi connectivity index (χ1n) is 8.50. The molecule has 0 aliphatic heterocycles. The van der Waals surface area contributed by atoms with Crippen molar-refractivity contribution < 1.29 is 4.57 Å². The van der Waals surface area contributed by atoms with Crippen molar-refractivity contribution in [3.8, 4) is 0 Å². The summed E-state index contributed by atoms with van der Waals surface area (Å²) >= 11 is 0. The van der Waals surface area contributed by atoms with Crippen LogP contribution in [0.25, 0.3) is 0 Å². The molecule has 24 heavy (non-hydrogen) atoms. The Labute approximate surface area is 144 Å². The topological polar surface area (TPSA) is 17.1 Å². The smallest absolute Gasteiger partial charge is 0.143 e. The van der Waals surface area contributed by atoms with Gasteiger partial charge in [-0.2, -0.15) is 0 Å². The van der Waals surface area contributed by atoms with Crippen LogP contribution in [0.2, 0.25) is 0 Å². The van der Waals surface area contributed by atoms with Gasteiger partial charge in [-0.1, -0.05) is 91.9 Å². The van der Waals surface area contributed by atoms with Gasteiger partial charge in [0.15, 0.2) is 0 Å². The molecular weight excluding hydrogens is 311 g/mol. The van der Waals surface area contributed by atoms with E-state index in [9.17, 15) is 4.57 Å². The summed E-state index contributed by atoms with van der Waals surface area (Å²) in [7, 11) is -2.61. The summed E-state index contributed by atoms with van der Waals surface area (Å²) in [5.41, 5.74) is 2.59. The first kappa shape index (κ1) is 16.7. The SMILES string of the molecule is CCc1ccc(CCP(=O)(c2ccccc2)c2ccccc2)cc1. The average molecular weight is 334 g/mol. The zero-order valence-electron chi connectivity index (χ0n) is 14.1. The molecule has 2 heteroatoms. The third kappa shape index (κ3) is 3.68. The highest BCUT2D eigenvalue weighted by atomic mass is 31.2. The van der Waals surface area contributed by atoms with Crippen molar-refractivity contribution in [2.45, 2.75) is 19.8 Å². The average Bonchev–Trinajstić information content (AvgIpc) is 2.68. The third-order valence-corrected chi connectivity index (χ3v) is 7.61. The molecule has 3 aromatic carbocycles. The van der Waals surface area contributed by atoms with Gasteiger partial charge in [0.05, 0.1) is 0 Å². The number of aryl methyl sites for hydroxylation is 2. The van der Waals surface area contributed by atoms with Crippen LogP contribution in [0.3, 0.4) is 0 Å². The van der Waals surface area contributed by atoms with E-state index in [0.29, 0.717) is 6.16 Å². The largest absolute Gasteiger partial charge is 0.314 e. The van der Waals surface area contributed by atoms with Crippen molar-refractivity contribution in [3.05, 3.63) is 96.1 Å². The van der Waals surface area contributed by atoms with E-state index in [-0.39, 0.29) is 0 Å². The van der Waals surface area contributed by atoms with Gasteiger partial charge >= 0.3 is 0 Å². The van der Waals surface area contributed by atoms with Crippen LogP contribution in [0.15, 0.2) is 84.9 Å². The maximum absolute atomic E-state index is 13.9. The highest BCUT2D eigenvalue weighted by molar-refractivity contribution is 7.78. The van der Waals surface area contributed by atoms with Crippen molar-refractivity contribution in [1.82, 2.24) is 0 Å². The molecular formula is C22H23OP. The predicted octanol–water partition coefficient (Wildman–Crippen LogP) is 4.81. The zero-order valence-corrected chi connectivity index (χ0v) is 15.0. The van der Waals surface area contributed by atoms with Crippen LogP contribution in [0, 0.1) is 0 Å². The third-order valence-electron chi connectivity index (χ3n) is 4.49. The Morgan fingerprint density at radius 3 is 1.58 bits per heavy atom. The van der Waals surface area contributed by atoms with E-state index in [1.165, 1.54) is 11.1 Å². The maximum Gasteiger partial charge on any atom is 0.143 e. The lowest BCUT2D eigenvalue weighted by atomic mass is 10.1. The van der Waals surface area contributed by atoms with Crippen LogP contribution in [-0.2, 0) is 17.4 Å². The van der Waals surface area contributed by atoms with Crippen LogP contribution >= 0.6 is 7.14 Å². The molecule has 0 fully saturated rings. The molecule has 0 aromatic heterocycles. The van der Waals surface area contributed by atoms with E-state index in [4.69, 9.17) is 0 Å². The predicted molar refractivity (Wildman–Crippen MR) is 104 cm³/mol. The van der Waals surface area contributed by atoms with Crippen molar-refractivity contribution in [3.63, 3.8) is 0 Å². The summed E-state index contributed by atoms with van der Waals surface area (Å²) in [5.74, 6) is 0. The van der Waals surface area contributed by atoms with E-state index < -0.39 is 7.14 Å². The van der Waals surface area contributed by atoms with Crippen molar-refractivity contribution in [2.75, 3.05) is 6.16 Å². The number of rotatable bonds is 6. The Hall–Kier alpha value is -2.11. The number of hydrogen-bond donors (Lipinski definition) is 0. The van der Waals surface area contributed by atoms with Gasteiger partial charge in [-0.25, -0.2) is 0 Å². The van der Waals surface area contributed by atoms with Crippen LogP contribution in [0.4, 0.5) is 0 Å². The molecule has 3 aromatic rings. The highest BCUT2D eigenvalue weighted by Crippen LogP contribution is 2.43. The summed E-state index contributed by atoms with van der Waals surface area (Å²) in [6.07, 6.45) is 2.53. The summed E-state index contributed by atoms with van der Waals surface area (Å²) < 4.78 is 13.9. The molecule has 0 unspecified atom stereocenters. The molecule has 3 rings (SSSR count). The Morgan fingerprint density at radius 1 is 0.667 bits per heavy atom. The van der Waals surface area contributed by atoms with Crippen molar-refractivity contribution >= 4 is 17.8 Å². The first-order chi connectivity index (χ1) is 11.7. The molecule has 0 atom stereocenters. The van der Waals surface area contributed by atoms with Gasteiger partial charge in [-0.15, -0.1) is 0 Å². The quantitative estimate of drug-likeness (QED) is 0.592. The Kier molecular flexibility index (Phi) is 5.33. The lowest BCUT2D eigenvalue weighted by Crippen LogP contribution is -2.19. The van der Waals surface area contributed by atoms with Gasteiger partial charge in [-0.3, -0.25) is 0 Å². The molecule has 122 valence electrons.